The third kappa shape index (κ3) is 2.78. The third-order valence-corrected chi connectivity index (χ3v) is 4.12. The largest absolute Gasteiger partial charge is 0.379 e. The molecule has 1 aliphatic heterocycles. The molecular weight excluding hydrogens is 246 g/mol. The fourth-order valence-electron chi connectivity index (χ4n) is 1.63. The molecule has 0 radical (unpaired) electrons. The molecule has 0 atom stereocenters. The van der Waals surface area contributed by atoms with Gasteiger partial charge in [0.1, 0.15) is 16.7 Å². The molecule has 5 heteroatoms. The van der Waals surface area contributed by atoms with Crippen LogP contribution in [0.3, 0.4) is 0 Å². The van der Waals surface area contributed by atoms with Gasteiger partial charge >= 0.3 is 0 Å². The summed E-state index contributed by atoms with van der Waals surface area (Å²) in [6, 6.07) is 0. The normalized spacial score (nSPS) is 16.5. The summed E-state index contributed by atoms with van der Waals surface area (Å²) in [4.78, 5) is 9.34. The number of nitrogens with zero attached hydrogens (tertiary/aromatic N) is 2. The molecule has 0 bridgehead atoms. The van der Waals surface area contributed by atoms with Gasteiger partial charge in [0, 0.05) is 18.0 Å². The fraction of sp³-hybridized carbons (Fsp3) is 0.692. The second kappa shape index (κ2) is 5.05. The molecule has 1 N–H and O–H groups in total. The molecule has 100 valence electrons. The van der Waals surface area contributed by atoms with E-state index in [1.54, 1.807) is 11.8 Å². The van der Waals surface area contributed by atoms with Gasteiger partial charge in [0.05, 0.1) is 18.5 Å². The Hall–Kier alpha value is -0.810. The standard InChI is InChI=1S/C13H21N3OS/c1-8-10(14-5)15-12(13(2,3)4)16-11(8)18-9-6-17-7-9/h9H,6-7H2,1-5H3,(H,14,15,16). The predicted molar refractivity (Wildman–Crippen MR) is 75.5 cm³/mol. The molecule has 18 heavy (non-hydrogen) atoms. The number of ether oxygens (including phenoxy) is 1. The quantitative estimate of drug-likeness (QED) is 0.853. The van der Waals surface area contributed by atoms with E-state index < -0.39 is 0 Å². The van der Waals surface area contributed by atoms with E-state index >= 15 is 0 Å². The van der Waals surface area contributed by atoms with Crippen LogP contribution in [0, 0.1) is 6.92 Å². The molecule has 1 aliphatic rings. The average Bonchev–Trinajstić information content (AvgIpc) is 2.23. The molecule has 2 rings (SSSR count). The Morgan fingerprint density at radius 3 is 2.39 bits per heavy atom. The monoisotopic (exact) mass is 267 g/mol. The van der Waals surface area contributed by atoms with Gasteiger partial charge in [0.2, 0.25) is 0 Å². The molecule has 0 unspecified atom stereocenters. The van der Waals surface area contributed by atoms with Crippen LogP contribution in [-0.2, 0) is 10.2 Å². The molecule has 0 aliphatic carbocycles. The molecule has 1 aromatic heterocycles. The van der Waals surface area contributed by atoms with Crippen LogP contribution in [0.2, 0.25) is 0 Å². The maximum absolute atomic E-state index is 5.22. The summed E-state index contributed by atoms with van der Waals surface area (Å²) >= 11 is 1.80. The Morgan fingerprint density at radius 1 is 1.28 bits per heavy atom. The van der Waals surface area contributed by atoms with Crippen molar-refractivity contribution < 1.29 is 4.74 Å². The molecule has 0 saturated carbocycles. The highest BCUT2D eigenvalue weighted by Gasteiger charge is 2.25. The summed E-state index contributed by atoms with van der Waals surface area (Å²) in [6.07, 6.45) is 0. The lowest BCUT2D eigenvalue weighted by Gasteiger charge is -2.26. The van der Waals surface area contributed by atoms with Crippen LogP contribution in [0.4, 0.5) is 5.82 Å². The minimum absolute atomic E-state index is 0.0370. The summed E-state index contributed by atoms with van der Waals surface area (Å²) in [6.45, 7) is 10.1. The number of aromatic nitrogens is 2. The van der Waals surface area contributed by atoms with Gasteiger partial charge < -0.3 is 10.1 Å². The first-order chi connectivity index (χ1) is 8.41. The van der Waals surface area contributed by atoms with Crippen LogP contribution >= 0.6 is 11.8 Å². The van der Waals surface area contributed by atoms with Crippen molar-refractivity contribution in [3.05, 3.63) is 11.4 Å². The fourth-order valence-corrected chi connectivity index (χ4v) is 2.69. The van der Waals surface area contributed by atoms with Crippen LogP contribution in [0.5, 0.6) is 0 Å². The van der Waals surface area contributed by atoms with E-state index in [9.17, 15) is 0 Å². The lowest BCUT2D eigenvalue weighted by Crippen LogP contribution is -2.30. The molecule has 1 aromatic rings. The number of nitrogens with one attached hydrogen (secondary N) is 1. The van der Waals surface area contributed by atoms with Crippen LogP contribution in [0.1, 0.15) is 32.2 Å². The van der Waals surface area contributed by atoms with Crippen molar-refractivity contribution in [2.75, 3.05) is 25.6 Å². The van der Waals surface area contributed by atoms with Crippen molar-refractivity contribution in [1.29, 1.82) is 0 Å². The van der Waals surface area contributed by atoms with Gasteiger partial charge in [-0.1, -0.05) is 32.5 Å². The zero-order chi connectivity index (χ0) is 13.3. The van der Waals surface area contributed by atoms with Crippen LogP contribution in [0.15, 0.2) is 5.03 Å². The van der Waals surface area contributed by atoms with Crippen molar-refractivity contribution in [1.82, 2.24) is 9.97 Å². The number of thioether (sulfide) groups is 1. The summed E-state index contributed by atoms with van der Waals surface area (Å²) < 4.78 is 5.22. The molecular formula is C13H21N3OS. The van der Waals surface area contributed by atoms with Crippen molar-refractivity contribution in [3.63, 3.8) is 0 Å². The van der Waals surface area contributed by atoms with E-state index in [4.69, 9.17) is 9.72 Å². The average molecular weight is 267 g/mol. The van der Waals surface area contributed by atoms with Gasteiger partial charge in [-0.2, -0.15) is 0 Å². The Labute approximate surface area is 113 Å². The maximum Gasteiger partial charge on any atom is 0.137 e. The van der Waals surface area contributed by atoms with E-state index in [2.05, 4.69) is 38.0 Å². The van der Waals surface area contributed by atoms with Gasteiger partial charge in [-0.05, 0) is 6.92 Å². The van der Waals surface area contributed by atoms with Gasteiger partial charge in [-0.3, -0.25) is 0 Å². The van der Waals surface area contributed by atoms with E-state index in [0.717, 1.165) is 35.4 Å². The van der Waals surface area contributed by atoms with Crippen LogP contribution < -0.4 is 5.32 Å². The van der Waals surface area contributed by atoms with Gasteiger partial charge in [-0.15, -0.1) is 0 Å². The summed E-state index contributed by atoms with van der Waals surface area (Å²) in [7, 11) is 1.91. The molecule has 4 nitrogen and oxygen atoms in total. The number of anilines is 1. The van der Waals surface area contributed by atoms with Crippen molar-refractivity contribution >= 4 is 17.6 Å². The van der Waals surface area contributed by atoms with Crippen molar-refractivity contribution in [2.24, 2.45) is 0 Å². The minimum atomic E-state index is -0.0370. The second-order valence-electron chi connectivity index (χ2n) is 5.60. The lowest BCUT2D eigenvalue weighted by molar-refractivity contribution is 0.0454. The predicted octanol–water partition coefficient (Wildman–Crippen LogP) is 2.62. The Balaban J connectivity index is 2.36. The highest BCUT2D eigenvalue weighted by atomic mass is 32.2. The zero-order valence-electron chi connectivity index (χ0n) is 11.7. The Morgan fingerprint density at radius 2 is 1.94 bits per heavy atom. The highest BCUT2D eigenvalue weighted by Crippen LogP contribution is 2.33. The Kier molecular flexibility index (Phi) is 3.82. The second-order valence-corrected chi connectivity index (χ2v) is 6.89. The molecule has 0 amide bonds. The molecule has 1 fully saturated rings. The SMILES string of the molecule is CNc1nc(C(C)(C)C)nc(SC2COC2)c1C. The third-order valence-electron chi connectivity index (χ3n) is 2.89. The van der Waals surface area contributed by atoms with Crippen molar-refractivity contribution in [2.45, 2.75) is 43.4 Å². The summed E-state index contributed by atoms with van der Waals surface area (Å²) in [5.74, 6) is 1.82. The van der Waals surface area contributed by atoms with E-state index in [1.807, 2.05) is 7.05 Å². The van der Waals surface area contributed by atoms with Crippen molar-refractivity contribution in [3.8, 4) is 0 Å². The highest BCUT2D eigenvalue weighted by molar-refractivity contribution is 8.00. The van der Waals surface area contributed by atoms with Gasteiger partial charge in [0.25, 0.3) is 0 Å². The molecule has 0 spiro atoms. The first-order valence-corrected chi connectivity index (χ1v) is 7.11. The smallest absolute Gasteiger partial charge is 0.137 e. The van der Waals surface area contributed by atoms with Crippen LogP contribution in [-0.4, -0.2) is 35.5 Å². The molecule has 2 heterocycles. The van der Waals surface area contributed by atoms with E-state index in [-0.39, 0.29) is 5.41 Å². The van der Waals surface area contributed by atoms with Gasteiger partial charge in [-0.25, -0.2) is 9.97 Å². The minimum Gasteiger partial charge on any atom is -0.379 e. The molecule has 0 aromatic carbocycles. The zero-order valence-corrected chi connectivity index (χ0v) is 12.5. The number of rotatable bonds is 3. The van der Waals surface area contributed by atoms with Crippen LogP contribution in [0.25, 0.3) is 0 Å². The Bertz CT molecular complexity index is 439. The first-order valence-electron chi connectivity index (χ1n) is 6.23. The maximum atomic E-state index is 5.22. The molecule has 1 saturated heterocycles. The number of hydrogen-bond donors (Lipinski definition) is 1. The number of hydrogen-bond acceptors (Lipinski definition) is 5. The summed E-state index contributed by atoms with van der Waals surface area (Å²) in [5, 5.41) is 4.78. The summed E-state index contributed by atoms with van der Waals surface area (Å²) in [5.41, 5.74) is 1.09. The van der Waals surface area contributed by atoms with Gasteiger partial charge in [0.15, 0.2) is 0 Å². The topological polar surface area (TPSA) is 47.0 Å². The first kappa shape index (κ1) is 13.6. The van der Waals surface area contributed by atoms with E-state index in [1.165, 1.54) is 0 Å². The lowest BCUT2D eigenvalue weighted by atomic mass is 9.95. The van der Waals surface area contributed by atoms with E-state index in [0.29, 0.717) is 5.25 Å².